The van der Waals surface area contributed by atoms with E-state index in [2.05, 4.69) is 78.1 Å². The van der Waals surface area contributed by atoms with Gasteiger partial charge in [-0.1, -0.05) is 60.3 Å². The molecule has 0 amide bonds. The van der Waals surface area contributed by atoms with Crippen LogP contribution in [0.25, 0.3) is 16.8 Å². The molecule has 2 heteroatoms. The Morgan fingerprint density at radius 2 is 1.67 bits per heavy atom. The van der Waals surface area contributed by atoms with E-state index < -0.39 is 0 Å². The summed E-state index contributed by atoms with van der Waals surface area (Å²) < 4.78 is 0. The highest BCUT2D eigenvalue weighted by Gasteiger charge is 2.12. The van der Waals surface area contributed by atoms with Gasteiger partial charge in [-0.3, -0.25) is 0 Å². The summed E-state index contributed by atoms with van der Waals surface area (Å²) in [6, 6.07) is 23.6. The van der Waals surface area contributed by atoms with Gasteiger partial charge in [0.15, 0.2) is 0 Å². The number of rotatable bonds is 1. The molecule has 0 spiro atoms. The number of hydrogen-bond acceptors (Lipinski definition) is 2. The monoisotopic (exact) mass is 289 g/mol. The quantitative estimate of drug-likeness (QED) is 0.644. The second kappa shape index (κ2) is 5.30. The van der Waals surface area contributed by atoms with Crippen LogP contribution in [-0.4, -0.2) is 6.54 Å². The number of nitrogens with one attached hydrogen (secondary N) is 1. The number of fused-ring (bicyclic) bond motifs is 2. The second-order valence-corrected chi connectivity index (χ2v) is 6.34. The van der Waals surface area contributed by atoms with Crippen molar-refractivity contribution in [1.82, 2.24) is 0 Å². The van der Waals surface area contributed by atoms with Gasteiger partial charge in [0.1, 0.15) is 0 Å². The molecule has 3 aromatic carbocycles. The van der Waals surface area contributed by atoms with Crippen molar-refractivity contribution >= 4 is 34.3 Å². The number of benzene rings is 3. The Bertz CT molecular complexity index is 836. The van der Waals surface area contributed by atoms with Crippen molar-refractivity contribution in [1.29, 1.82) is 0 Å². The summed E-state index contributed by atoms with van der Waals surface area (Å²) in [5.74, 6) is 0. The van der Waals surface area contributed by atoms with E-state index in [1.54, 1.807) is 0 Å². The smallest absolute Gasteiger partial charge is 0.0484 e. The minimum atomic E-state index is 0.897. The molecule has 3 aromatic rings. The molecule has 21 heavy (non-hydrogen) atoms. The minimum Gasteiger partial charge on any atom is -0.380 e. The van der Waals surface area contributed by atoms with Gasteiger partial charge in [0.2, 0.25) is 0 Å². The second-order valence-electron chi connectivity index (χ2n) is 5.17. The van der Waals surface area contributed by atoms with Gasteiger partial charge < -0.3 is 5.32 Å². The molecule has 1 nitrogen and oxygen atoms in total. The highest BCUT2D eigenvalue weighted by molar-refractivity contribution is 8.03. The average molecular weight is 289 g/mol. The van der Waals surface area contributed by atoms with E-state index in [1.165, 1.54) is 31.8 Å². The number of para-hydroxylation sites is 1. The van der Waals surface area contributed by atoms with E-state index in [9.17, 15) is 0 Å². The fourth-order valence-corrected chi connectivity index (χ4v) is 3.64. The maximum atomic E-state index is 3.48. The standard InChI is InChI=1S/C19H15NS/c1-2-6-16-11-14(9-10-15(16)5-1)12-17-13-20-18-7-3-4-8-19(18)21-17/h1-12,20H,13H2. The predicted molar refractivity (Wildman–Crippen MR) is 92.7 cm³/mol. The van der Waals surface area contributed by atoms with Crippen LogP contribution >= 0.6 is 11.8 Å². The van der Waals surface area contributed by atoms with Crippen molar-refractivity contribution in [2.75, 3.05) is 11.9 Å². The van der Waals surface area contributed by atoms with E-state index in [0.29, 0.717) is 0 Å². The van der Waals surface area contributed by atoms with Crippen molar-refractivity contribution in [3.05, 3.63) is 77.2 Å². The third kappa shape index (κ3) is 2.55. The lowest BCUT2D eigenvalue weighted by molar-refractivity contribution is 1.24. The molecule has 1 heterocycles. The van der Waals surface area contributed by atoms with E-state index >= 15 is 0 Å². The first-order valence-corrected chi connectivity index (χ1v) is 7.90. The predicted octanol–water partition coefficient (Wildman–Crippen LogP) is 5.40. The average Bonchev–Trinajstić information content (AvgIpc) is 2.55. The van der Waals surface area contributed by atoms with Crippen molar-refractivity contribution in [3.8, 4) is 0 Å². The zero-order valence-corrected chi connectivity index (χ0v) is 12.4. The molecule has 1 aliphatic heterocycles. The Balaban J connectivity index is 1.68. The Labute approximate surface area is 128 Å². The summed E-state index contributed by atoms with van der Waals surface area (Å²) in [5, 5.41) is 6.06. The Kier molecular flexibility index (Phi) is 3.17. The van der Waals surface area contributed by atoms with Crippen LogP contribution in [0, 0.1) is 0 Å². The van der Waals surface area contributed by atoms with Crippen LogP contribution < -0.4 is 5.32 Å². The molecule has 0 aromatic heterocycles. The zero-order chi connectivity index (χ0) is 14.1. The zero-order valence-electron chi connectivity index (χ0n) is 11.5. The minimum absolute atomic E-state index is 0.897. The maximum absolute atomic E-state index is 3.48. The number of anilines is 1. The van der Waals surface area contributed by atoms with E-state index in [1.807, 2.05) is 11.8 Å². The van der Waals surface area contributed by atoms with Crippen LogP contribution in [0.2, 0.25) is 0 Å². The summed E-state index contributed by atoms with van der Waals surface area (Å²) in [6.07, 6.45) is 2.28. The normalized spacial score (nSPS) is 15.7. The molecule has 0 aliphatic carbocycles. The number of hydrogen-bond donors (Lipinski definition) is 1. The maximum Gasteiger partial charge on any atom is 0.0484 e. The first kappa shape index (κ1) is 12.5. The van der Waals surface area contributed by atoms with Gasteiger partial charge in [-0.05, 0) is 40.6 Å². The molecule has 0 unspecified atom stereocenters. The fraction of sp³-hybridized carbons (Fsp3) is 0.0526. The highest BCUT2D eigenvalue weighted by atomic mass is 32.2. The molecule has 0 atom stereocenters. The molecule has 0 radical (unpaired) electrons. The number of thioether (sulfide) groups is 1. The molecule has 1 N–H and O–H groups in total. The Morgan fingerprint density at radius 1 is 0.857 bits per heavy atom. The van der Waals surface area contributed by atoms with Crippen molar-refractivity contribution in [2.24, 2.45) is 0 Å². The molecular weight excluding hydrogens is 274 g/mol. The first-order valence-electron chi connectivity index (χ1n) is 7.09. The lowest BCUT2D eigenvalue weighted by atomic mass is 10.1. The van der Waals surface area contributed by atoms with E-state index in [-0.39, 0.29) is 0 Å². The van der Waals surface area contributed by atoms with Gasteiger partial charge in [0.25, 0.3) is 0 Å². The fourth-order valence-electron chi connectivity index (χ4n) is 2.63. The third-order valence-corrected chi connectivity index (χ3v) is 4.78. The summed E-state index contributed by atoms with van der Waals surface area (Å²) in [7, 11) is 0. The largest absolute Gasteiger partial charge is 0.380 e. The molecule has 4 rings (SSSR count). The molecule has 0 saturated carbocycles. The first-order chi connectivity index (χ1) is 10.4. The lowest BCUT2D eigenvalue weighted by Crippen LogP contribution is -2.08. The molecule has 0 bridgehead atoms. The molecule has 0 fully saturated rings. The SMILES string of the molecule is C(=C1CNc2ccccc2S1)c1ccc2ccccc2c1. The van der Waals surface area contributed by atoms with Crippen LogP contribution in [-0.2, 0) is 0 Å². The Morgan fingerprint density at radius 3 is 2.62 bits per heavy atom. The van der Waals surface area contributed by atoms with Gasteiger partial charge >= 0.3 is 0 Å². The van der Waals surface area contributed by atoms with Gasteiger partial charge in [0, 0.05) is 22.0 Å². The highest BCUT2D eigenvalue weighted by Crippen LogP contribution is 2.37. The molecular formula is C19H15NS. The summed E-state index contributed by atoms with van der Waals surface area (Å²) >= 11 is 1.86. The van der Waals surface area contributed by atoms with Crippen LogP contribution in [0.3, 0.4) is 0 Å². The van der Waals surface area contributed by atoms with Crippen LogP contribution in [0.5, 0.6) is 0 Å². The summed E-state index contributed by atoms with van der Waals surface area (Å²) in [4.78, 5) is 2.65. The van der Waals surface area contributed by atoms with Gasteiger partial charge in [0.05, 0.1) is 0 Å². The van der Waals surface area contributed by atoms with Crippen molar-refractivity contribution in [3.63, 3.8) is 0 Å². The third-order valence-electron chi connectivity index (χ3n) is 3.68. The molecule has 102 valence electrons. The van der Waals surface area contributed by atoms with Crippen molar-refractivity contribution in [2.45, 2.75) is 4.90 Å². The Hall–Kier alpha value is -2.19. The van der Waals surface area contributed by atoms with Crippen LogP contribution in [0.1, 0.15) is 5.56 Å². The lowest BCUT2D eigenvalue weighted by Gasteiger charge is -2.19. The van der Waals surface area contributed by atoms with Gasteiger partial charge in [-0.2, -0.15) is 0 Å². The van der Waals surface area contributed by atoms with Gasteiger partial charge in [-0.15, -0.1) is 0 Å². The summed E-state index contributed by atoms with van der Waals surface area (Å²) in [5.41, 5.74) is 2.50. The van der Waals surface area contributed by atoms with Gasteiger partial charge in [-0.25, -0.2) is 0 Å². The summed E-state index contributed by atoms with van der Waals surface area (Å²) in [6.45, 7) is 0.897. The topological polar surface area (TPSA) is 12.0 Å². The molecule has 1 aliphatic rings. The van der Waals surface area contributed by atoms with E-state index in [0.717, 1.165) is 6.54 Å². The molecule has 0 saturated heterocycles. The van der Waals surface area contributed by atoms with Crippen molar-refractivity contribution < 1.29 is 0 Å². The van der Waals surface area contributed by atoms with E-state index in [4.69, 9.17) is 0 Å². The van der Waals surface area contributed by atoms with Crippen LogP contribution in [0.15, 0.2) is 76.5 Å². The van der Waals surface area contributed by atoms with Crippen LogP contribution in [0.4, 0.5) is 5.69 Å².